The maximum absolute atomic E-state index is 13.1. The lowest BCUT2D eigenvalue weighted by molar-refractivity contribution is -0.136. The van der Waals surface area contributed by atoms with Gasteiger partial charge in [0.2, 0.25) is 0 Å². The van der Waals surface area contributed by atoms with Crippen molar-refractivity contribution in [2.45, 2.75) is 39.5 Å². The Morgan fingerprint density at radius 2 is 1.52 bits per heavy atom. The number of hydrogen-bond acceptors (Lipinski definition) is 6. The summed E-state index contributed by atoms with van der Waals surface area (Å²) < 4.78 is 15.7. The van der Waals surface area contributed by atoms with Crippen LogP contribution in [-0.2, 0) is 19.7 Å². The molecule has 0 aromatic heterocycles. The highest BCUT2D eigenvalue weighted by atomic mass is 16.5. The van der Waals surface area contributed by atoms with Crippen LogP contribution in [0.1, 0.15) is 66.0 Å². The van der Waals surface area contributed by atoms with Crippen LogP contribution in [0, 0.1) is 0 Å². The third kappa shape index (κ3) is 4.68. The molecule has 0 saturated heterocycles. The fourth-order valence-corrected chi connectivity index (χ4v) is 3.58. The van der Waals surface area contributed by atoms with Crippen molar-refractivity contribution in [3.05, 3.63) is 70.8 Å². The molecule has 1 aliphatic carbocycles. The van der Waals surface area contributed by atoms with E-state index in [-0.39, 0.29) is 24.4 Å². The third-order valence-electron chi connectivity index (χ3n) is 5.17. The summed E-state index contributed by atoms with van der Waals surface area (Å²) in [5.74, 6) is -1.21. The molecule has 0 radical (unpaired) electrons. The number of fused-ring (bicyclic) bond motifs is 1. The van der Waals surface area contributed by atoms with Gasteiger partial charge in [0, 0.05) is 5.56 Å². The summed E-state index contributed by atoms with van der Waals surface area (Å²) in [6.07, 6.45) is 2.48. The lowest BCUT2D eigenvalue weighted by atomic mass is 9.72. The lowest BCUT2D eigenvalue weighted by Gasteiger charge is -2.32. The monoisotopic (exact) mass is 422 g/mol. The van der Waals surface area contributed by atoms with E-state index < -0.39 is 17.9 Å². The van der Waals surface area contributed by atoms with Crippen LogP contribution in [0.4, 0.5) is 0 Å². The van der Waals surface area contributed by atoms with Crippen molar-refractivity contribution in [1.29, 1.82) is 0 Å². The van der Waals surface area contributed by atoms with E-state index in [1.165, 1.54) is 24.3 Å². The minimum atomic E-state index is -0.589. The molecule has 0 heterocycles. The minimum absolute atomic E-state index is 0.244. The Kier molecular flexibility index (Phi) is 6.59. The van der Waals surface area contributed by atoms with E-state index in [2.05, 4.69) is 13.8 Å². The fraction of sp³-hybridized carbons (Fsp3) is 0.320. The van der Waals surface area contributed by atoms with E-state index in [0.29, 0.717) is 28.7 Å². The van der Waals surface area contributed by atoms with Gasteiger partial charge in [-0.15, -0.1) is 0 Å². The number of esters is 3. The Labute approximate surface area is 181 Å². The predicted octanol–water partition coefficient (Wildman–Crippen LogP) is 4.71. The van der Waals surface area contributed by atoms with Crippen molar-refractivity contribution >= 4 is 23.5 Å². The molecule has 0 fully saturated rings. The van der Waals surface area contributed by atoms with Crippen LogP contribution in [-0.4, -0.2) is 31.1 Å². The number of rotatable bonds is 6. The molecule has 0 spiro atoms. The Balaban J connectivity index is 1.93. The first-order valence-electron chi connectivity index (χ1n) is 10.3. The second-order valence-corrected chi connectivity index (χ2v) is 7.79. The first-order valence-corrected chi connectivity index (χ1v) is 10.3. The summed E-state index contributed by atoms with van der Waals surface area (Å²) in [6.45, 7) is 8.12. The number of hydrogen-bond donors (Lipinski definition) is 0. The van der Waals surface area contributed by atoms with Gasteiger partial charge in [0.15, 0.2) is 0 Å². The molecule has 1 aliphatic rings. The standard InChI is InChI=1S/C25H26O6/c1-5-29-22(26)16-10-12-17(13-11-16)31-24(28)18-8-7-9-20-21(18)19(23(27)30-6-2)14-15-25(20,3)4/h7-14H,5-6,15H2,1-4H3. The van der Waals surface area contributed by atoms with E-state index in [4.69, 9.17) is 14.2 Å². The molecule has 31 heavy (non-hydrogen) atoms. The molecule has 0 unspecified atom stereocenters. The van der Waals surface area contributed by atoms with Crippen molar-refractivity contribution < 1.29 is 28.6 Å². The maximum atomic E-state index is 13.1. The molecular formula is C25H26O6. The molecule has 0 amide bonds. The Morgan fingerprint density at radius 3 is 2.16 bits per heavy atom. The van der Waals surface area contributed by atoms with Crippen LogP contribution in [0.3, 0.4) is 0 Å². The molecular weight excluding hydrogens is 396 g/mol. The molecule has 162 valence electrons. The van der Waals surface area contributed by atoms with Gasteiger partial charge in [0.05, 0.1) is 29.9 Å². The van der Waals surface area contributed by atoms with Crippen molar-refractivity contribution in [1.82, 2.24) is 0 Å². The maximum Gasteiger partial charge on any atom is 0.344 e. The van der Waals surface area contributed by atoms with E-state index in [9.17, 15) is 14.4 Å². The summed E-state index contributed by atoms with van der Waals surface area (Å²) >= 11 is 0. The van der Waals surface area contributed by atoms with E-state index in [0.717, 1.165) is 5.56 Å². The van der Waals surface area contributed by atoms with Gasteiger partial charge in [-0.25, -0.2) is 14.4 Å². The normalized spacial score (nSPS) is 14.1. The number of benzene rings is 2. The van der Waals surface area contributed by atoms with Gasteiger partial charge in [-0.05, 0) is 61.6 Å². The second-order valence-electron chi connectivity index (χ2n) is 7.79. The smallest absolute Gasteiger partial charge is 0.344 e. The predicted molar refractivity (Wildman–Crippen MR) is 116 cm³/mol. The highest BCUT2D eigenvalue weighted by Gasteiger charge is 2.34. The summed E-state index contributed by atoms with van der Waals surface area (Å²) in [7, 11) is 0. The van der Waals surface area contributed by atoms with Crippen LogP contribution >= 0.6 is 0 Å². The van der Waals surface area contributed by atoms with Crippen molar-refractivity contribution in [2.24, 2.45) is 0 Å². The molecule has 0 N–H and O–H groups in total. The van der Waals surface area contributed by atoms with Crippen LogP contribution < -0.4 is 4.74 Å². The highest BCUT2D eigenvalue weighted by molar-refractivity contribution is 6.20. The summed E-state index contributed by atoms with van der Waals surface area (Å²) in [6, 6.07) is 11.5. The van der Waals surface area contributed by atoms with Gasteiger partial charge >= 0.3 is 17.9 Å². The molecule has 0 bridgehead atoms. The van der Waals surface area contributed by atoms with Crippen LogP contribution in [0.5, 0.6) is 5.75 Å². The first-order chi connectivity index (χ1) is 14.8. The van der Waals surface area contributed by atoms with Gasteiger partial charge in [-0.2, -0.15) is 0 Å². The summed E-state index contributed by atoms with van der Waals surface area (Å²) in [5.41, 5.74) is 2.23. The van der Waals surface area contributed by atoms with Crippen LogP contribution in [0.25, 0.3) is 5.57 Å². The third-order valence-corrected chi connectivity index (χ3v) is 5.17. The van der Waals surface area contributed by atoms with Gasteiger partial charge in [-0.1, -0.05) is 32.1 Å². The largest absolute Gasteiger partial charge is 0.462 e. The Hall–Kier alpha value is -3.41. The van der Waals surface area contributed by atoms with Crippen LogP contribution in [0.2, 0.25) is 0 Å². The number of carbonyl (C=O) groups excluding carboxylic acids is 3. The average Bonchev–Trinajstić information content (AvgIpc) is 2.74. The highest BCUT2D eigenvalue weighted by Crippen LogP contribution is 2.41. The topological polar surface area (TPSA) is 78.9 Å². The zero-order valence-corrected chi connectivity index (χ0v) is 18.2. The van der Waals surface area contributed by atoms with Crippen molar-refractivity contribution in [3.8, 4) is 5.75 Å². The molecule has 2 aromatic carbocycles. The number of allylic oxidation sites excluding steroid dienone is 1. The molecule has 0 saturated carbocycles. The van der Waals surface area contributed by atoms with Gasteiger partial charge in [-0.3, -0.25) is 0 Å². The van der Waals surface area contributed by atoms with E-state index in [1.807, 2.05) is 12.1 Å². The molecule has 2 aromatic rings. The SMILES string of the molecule is CCOC(=O)C1=CCC(C)(C)c2cccc(C(=O)Oc3ccc(C(=O)OCC)cc3)c21. The Morgan fingerprint density at radius 1 is 0.871 bits per heavy atom. The van der Waals surface area contributed by atoms with Crippen molar-refractivity contribution in [3.63, 3.8) is 0 Å². The molecule has 6 heteroatoms. The quantitative estimate of drug-likeness (QED) is 0.496. The first kappa shape index (κ1) is 22.3. The molecule has 6 nitrogen and oxygen atoms in total. The van der Waals surface area contributed by atoms with E-state index in [1.54, 1.807) is 26.0 Å². The summed E-state index contributed by atoms with van der Waals surface area (Å²) in [4.78, 5) is 37.4. The fourth-order valence-electron chi connectivity index (χ4n) is 3.58. The zero-order valence-electron chi connectivity index (χ0n) is 18.2. The number of ether oxygens (including phenoxy) is 3. The van der Waals surface area contributed by atoms with Crippen LogP contribution in [0.15, 0.2) is 48.5 Å². The molecule has 0 aliphatic heterocycles. The van der Waals surface area contributed by atoms with Gasteiger partial charge < -0.3 is 14.2 Å². The Bertz CT molecular complexity index is 1030. The van der Waals surface area contributed by atoms with Gasteiger partial charge in [0.1, 0.15) is 5.75 Å². The minimum Gasteiger partial charge on any atom is -0.462 e. The lowest BCUT2D eigenvalue weighted by Crippen LogP contribution is -2.27. The van der Waals surface area contributed by atoms with Crippen molar-refractivity contribution in [2.75, 3.05) is 13.2 Å². The molecule has 0 atom stereocenters. The average molecular weight is 422 g/mol. The number of carbonyl (C=O) groups is 3. The zero-order chi connectivity index (χ0) is 22.6. The van der Waals surface area contributed by atoms with E-state index >= 15 is 0 Å². The summed E-state index contributed by atoms with van der Waals surface area (Å²) in [5, 5.41) is 0. The second kappa shape index (κ2) is 9.16. The molecule has 3 rings (SSSR count). The van der Waals surface area contributed by atoms with Gasteiger partial charge in [0.25, 0.3) is 0 Å².